The molecular weight excluding hydrogens is 504 g/mol. The van der Waals surface area contributed by atoms with Crippen LogP contribution in [0.3, 0.4) is 0 Å². The highest BCUT2D eigenvalue weighted by Crippen LogP contribution is 2.19. The van der Waals surface area contributed by atoms with E-state index in [4.69, 9.17) is 11.5 Å². The molecule has 13 heteroatoms. The van der Waals surface area contributed by atoms with Gasteiger partial charge in [-0.1, -0.05) is 24.6 Å². The predicted octanol–water partition coefficient (Wildman–Crippen LogP) is -0.309. The van der Waals surface area contributed by atoms with Crippen molar-refractivity contribution in [3.05, 3.63) is 54.2 Å². The second-order valence-corrected chi connectivity index (χ2v) is 9.43. The summed E-state index contributed by atoms with van der Waals surface area (Å²) in [6.07, 6.45) is 6.58. The molecule has 39 heavy (non-hydrogen) atoms. The molecule has 3 amide bonds. The van der Waals surface area contributed by atoms with Crippen LogP contribution in [0.5, 0.6) is 0 Å². The summed E-state index contributed by atoms with van der Waals surface area (Å²) in [5.74, 6) is -3.02. The number of carboxylic acid groups (broad SMARTS) is 1. The number of rotatable bonds is 15. The molecule has 0 bridgehead atoms. The van der Waals surface area contributed by atoms with Gasteiger partial charge in [-0.15, -0.1) is 0 Å². The number of aromatic nitrogens is 3. The van der Waals surface area contributed by atoms with Gasteiger partial charge in [-0.25, -0.2) is 9.78 Å². The quantitative estimate of drug-likeness (QED) is 0.119. The fourth-order valence-corrected chi connectivity index (χ4v) is 4.14. The third kappa shape index (κ3) is 8.38. The topological polar surface area (TPSA) is 221 Å². The first kappa shape index (κ1) is 29.3. The monoisotopic (exact) mass is 540 g/mol. The fraction of sp³-hybridized carbons (Fsp3) is 0.423. The summed E-state index contributed by atoms with van der Waals surface area (Å²) in [6.45, 7) is 1.93. The van der Waals surface area contributed by atoms with Crippen LogP contribution in [0.2, 0.25) is 0 Å². The first-order valence-corrected chi connectivity index (χ1v) is 12.8. The van der Waals surface area contributed by atoms with E-state index in [1.54, 1.807) is 6.20 Å². The van der Waals surface area contributed by atoms with Crippen LogP contribution in [-0.2, 0) is 32.0 Å². The molecule has 0 aliphatic heterocycles. The highest BCUT2D eigenvalue weighted by atomic mass is 16.4. The largest absolute Gasteiger partial charge is 0.480 e. The molecule has 4 atom stereocenters. The lowest BCUT2D eigenvalue weighted by Gasteiger charge is -2.23. The summed E-state index contributed by atoms with van der Waals surface area (Å²) in [7, 11) is 0. The number of amides is 3. The van der Waals surface area contributed by atoms with Crippen LogP contribution in [0.15, 0.2) is 43.0 Å². The number of hydrogen-bond donors (Lipinski definition) is 8. The van der Waals surface area contributed by atoms with Gasteiger partial charge < -0.3 is 42.5 Å². The number of nitrogens with two attached hydrogens (primary N) is 2. The Morgan fingerprint density at radius 2 is 1.72 bits per heavy atom. The molecule has 0 saturated heterocycles. The standard InChI is InChI=1S/C26H36N8O5/c1-15(23(35)34-22(26(38)39)11-17-13-29-14-31-17)32-25(37)21(33-24(36)19(28)7-4-5-9-27)10-16-12-30-20-8-3-2-6-18(16)20/h2-3,6,8,12-15,19,21-22,30H,4-5,7,9-11,27-28H2,1H3,(H,29,31)(H,32,37)(H,33,36)(H,34,35)(H,38,39). The Labute approximate surface area is 225 Å². The number of hydrogen-bond acceptors (Lipinski definition) is 7. The number of H-pyrrole nitrogens is 2. The highest BCUT2D eigenvalue weighted by Gasteiger charge is 2.29. The maximum absolute atomic E-state index is 13.3. The molecule has 10 N–H and O–H groups in total. The summed E-state index contributed by atoms with van der Waals surface area (Å²) >= 11 is 0. The summed E-state index contributed by atoms with van der Waals surface area (Å²) in [6, 6.07) is 3.38. The van der Waals surface area contributed by atoms with Crippen LogP contribution >= 0.6 is 0 Å². The van der Waals surface area contributed by atoms with E-state index in [0.29, 0.717) is 25.1 Å². The van der Waals surface area contributed by atoms with E-state index >= 15 is 0 Å². The van der Waals surface area contributed by atoms with Gasteiger partial charge >= 0.3 is 5.97 Å². The van der Waals surface area contributed by atoms with Crippen molar-refractivity contribution in [2.75, 3.05) is 6.54 Å². The molecule has 4 unspecified atom stereocenters. The number of aliphatic carboxylic acids is 1. The molecule has 2 heterocycles. The molecule has 0 aliphatic rings. The Bertz CT molecular complexity index is 1260. The van der Waals surface area contributed by atoms with Gasteiger partial charge in [0.25, 0.3) is 0 Å². The maximum atomic E-state index is 13.3. The zero-order valence-corrected chi connectivity index (χ0v) is 21.8. The van der Waals surface area contributed by atoms with Gasteiger partial charge in [0.05, 0.1) is 12.4 Å². The zero-order chi connectivity index (χ0) is 28.4. The number of carboxylic acids is 1. The van der Waals surface area contributed by atoms with Crippen molar-refractivity contribution < 1.29 is 24.3 Å². The van der Waals surface area contributed by atoms with E-state index in [1.165, 1.54) is 19.4 Å². The number of carbonyl (C=O) groups is 4. The maximum Gasteiger partial charge on any atom is 0.326 e. The normalized spacial score (nSPS) is 14.2. The number of para-hydroxylation sites is 1. The Morgan fingerprint density at radius 1 is 0.974 bits per heavy atom. The highest BCUT2D eigenvalue weighted by molar-refractivity contribution is 5.94. The Balaban J connectivity index is 1.70. The summed E-state index contributed by atoms with van der Waals surface area (Å²) in [5.41, 5.74) is 13.8. The van der Waals surface area contributed by atoms with Crippen molar-refractivity contribution in [1.82, 2.24) is 30.9 Å². The van der Waals surface area contributed by atoms with Crippen molar-refractivity contribution in [3.8, 4) is 0 Å². The minimum Gasteiger partial charge on any atom is -0.480 e. The Kier molecular flexibility index (Phi) is 10.6. The number of nitrogens with one attached hydrogen (secondary N) is 5. The summed E-state index contributed by atoms with van der Waals surface area (Å²) in [4.78, 5) is 60.4. The van der Waals surface area contributed by atoms with Crippen molar-refractivity contribution in [3.63, 3.8) is 0 Å². The van der Waals surface area contributed by atoms with Crippen LogP contribution in [0.4, 0.5) is 0 Å². The number of aromatic amines is 2. The molecule has 0 spiro atoms. The average Bonchev–Trinajstić information content (AvgIpc) is 3.57. The van der Waals surface area contributed by atoms with Crippen LogP contribution in [0.1, 0.15) is 37.4 Å². The van der Waals surface area contributed by atoms with Gasteiger partial charge in [0, 0.05) is 41.8 Å². The minimum absolute atomic E-state index is 0.0109. The first-order valence-electron chi connectivity index (χ1n) is 12.8. The lowest BCUT2D eigenvalue weighted by molar-refractivity contribution is -0.142. The van der Waals surface area contributed by atoms with Crippen molar-refractivity contribution in [1.29, 1.82) is 0 Å². The third-order valence-corrected chi connectivity index (χ3v) is 6.38. The summed E-state index contributed by atoms with van der Waals surface area (Å²) in [5, 5.41) is 18.2. The van der Waals surface area contributed by atoms with Gasteiger partial charge in [-0.05, 0) is 37.9 Å². The molecule has 3 rings (SSSR count). The van der Waals surface area contributed by atoms with Gasteiger partial charge in [0.1, 0.15) is 18.1 Å². The fourth-order valence-electron chi connectivity index (χ4n) is 4.14. The van der Waals surface area contributed by atoms with Crippen molar-refractivity contribution in [2.45, 2.75) is 63.2 Å². The molecule has 210 valence electrons. The van der Waals surface area contributed by atoms with Gasteiger partial charge in [-0.3, -0.25) is 14.4 Å². The number of fused-ring (bicyclic) bond motifs is 1. The molecule has 13 nitrogen and oxygen atoms in total. The Hall–Kier alpha value is -4.23. The number of imidazole rings is 1. The van der Waals surface area contributed by atoms with Crippen LogP contribution in [-0.4, -0.2) is 74.5 Å². The van der Waals surface area contributed by atoms with Crippen LogP contribution < -0.4 is 27.4 Å². The predicted molar refractivity (Wildman–Crippen MR) is 144 cm³/mol. The van der Waals surface area contributed by atoms with E-state index < -0.39 is 47.9 Å². The van der Waals surface area contributed by atoms with Crippen molar-refractivity contribution in [2.24, 2.45) is 11.5 Å². The molecule has 2 aromatic heterocycles. The Morgan fingerprint density at radius 3 is 2.41 bits per heavy atom. The number of carbonyl (C=O) groups excluding carboxylic acids is 3. The van der Waals surface area contributed by atoms with Crippen LogP contribution in [0, 0.1) is 0 Å². The van der Waals surface area contributed by atoms with Gasteiger partial charge in [-0.2, -0.15) is 0 Å². The lowest BCUT2D eigenvalue weighted by Crippen LogP contribution is -2.57. The SMILES string of the molecule is CC(NC(=O)C(Cc1c[nH]c2ccccc12)NC(=O)C(N)CCCCN)C(=O)NC(Cc1cnc[nH]1)C(=O)O. The minimum atomic E-state index is -1.23. The zero-order valence-electron chi connectivity index (χ0n) is 21.8. The molecular formula is C26H36N8O5. The van der Waals surface area contributed by atoms with Gasteiger partial charge in [0.15, 0.2) is 0 Å². The molecule has 1 aromatic carbocycles. The molecule has 0 aliphatic carbocycles. The molecule has 0 saturated carbocycles. The van der Waals surface area contributed by atoms with E-state index in [1.807, 2.05) is 24.3 Å². The van der Waals surface area contributed by atoms with Crippen molar-refractivity contribution >= 4 is 34.6 Å². The smallest absolute Gasteiger partial charge is 0.326 e. The second kappa shape index (κ2) is 14.1. The molecule has 0 radical (unpaired) electrons. The first-order chi connectivity index (χ1) is 18.7. The molecule has 0 fully saturated rings. The average molecular weight is 541 g/mol. The van der Waals surface area contributed by atoms with E-state index in [0.717, 1.165) is 22.9 Å². The van der Waals surface area contributed by atoms with E-state index in [9.17, 15) is 24.3 Å². The van der Waals surface area contributed by atoms with E-state index in [-0.39, 0.29) is 12.8 Å². The molecule has 3 aromatic rings. The number of benzene rings is 1. The third-order valence-electron chi connectivity index (χ3n) is 6.38. The van der Waals surface area contributed by atoms with Gasteiger partial charge in [0.2, 0.25) is 17.7 Å². The summed E-state index contributed by atoms with van der Waals surface area (Å²) < 4.78 is 0. The van der Waals surface area contributed by atoms with E-state index in [2.05, 4.69) is 30.9 Å². The second-order valence-electron chi connectivity index (χ2n) is 9.43. The van der Waals surface area contributed by atoms with Crippen LogP contribution in [0.25, 0.3) is 10.9 Å². The number of nitrogens with zero attached hydrogens (tertiary/aromatic N) is 1. The lowest BCUT2D eigenvalue weighted by atomic mass is 10.0. The number of unbranched alkanes of at least 4 members (excludes halogenated alkanes) is 1.